The van der Waals surface area contributed by atoms with E-state index in [4.69, 9.17) is 0 Å². The van der Waals surface area contributed by atoms with E-state index < -0.39 is 0 Å². The summed E-state index contributed by atoms with van der Waals surface area (Å²) in [6.45, 7) is 2.37. The highest BCUT2D eigenvalue weighted by Crippen LogP contribution is 2.28. The lowest BCUT2D eigenvalue weighted by molar-refractivity contribution is 0.0761. The predicted octanol–water partition coefficient (Wildman–Crippen LogP) is 4.50. The molecule has 1 saturated heterocycles. The molecule has 1 heterocycles. The van der Waals surface area contributed by atoms with E-state index in [2.05, 4.69) is 10.6 Å². The molecule has 1 aromatic rings. The Kier molecular flexibility index (Phi) is 7.87. The molecule has 1 aliphatic carbocycles. The van der Waals surface area contributed by atoms with Crippen molar-refractivity contribution in [1.29, 1.82) is 0 Å². The summed E-state index contributed by atoms with van der Waals surface area (Å²) < 4.78 is 0. The Morgan fingerprint density at radius 2 is 1.63 bits per heavy atom. The molecule has 2 N–H and O–H groups in total. The Hall–Kier alpha value is -1.69. The molecule has 148 valence electrons. The Bertz CT molecular complexity index is 606. The van der Waals surface area contributed by atoms with Gasteiger partial charge in [0.1, 0.15) is 0 Å². The lowest BCUT2D eigenvalue weighted by Gasteiger charge is -2.20. The highest BCUT2D eigenvalue weighted by molar-refractivity contribution is 7.99. The van der Waals surface area contributed by atoms with Crippen LogP contribution in [-0.4, -0.2) is 47.5 Å². The number of benzene rings is 1. The maximum atomic E-state index is 12.6. The summed E-state index contributed by atoms with van der Waals surface area (Å²) >= 11 is 1.97. The van der Waals surface area contributed by atoms with Crippen molar-refractivity contribution in [3.8, 4) is 0 Å². The van der Waals surface area contributed by atoms with Gasteiger partial charge in [-0.25, -0.2) is 4.79 Å². The fraction of sp³-hybridized carbons (Fsp3) is 0.619. The molecule has 2 aliphatic rings. The quantitative estimate of drug-likeness (QED) is 0.704. The standard InChI is InChI=1S/C21H31N3O2S/c25-20(24-14-5-1-2-6-15-24)17-9-11-18(12-10-17)23-21(26)22-13-16-27-19-7-3-4-8-19/h9-12,19H,1-8,13-16H2,(H2,22,23,26). The molecule has 27 heavy (non-hydrogen) atoms. The number of carbonyl (C=O) groups excluding carboxylic acids is 2. The summed E-state index contributed by atoms with van der Waals surface area (Å²) in [6.07, 6.45) is 9.93. The number of amides is 3. The van der Waals surface area contributed by atoms with Gasteiger partial charge in [-0.3, -0.25) is 4.79 Å². The zero-order chi connectivity index (χ0) is 18.9. The Labute approximate surface area is 166 Å². The van der Waals surface area contributed by atoms with Crippen molar-refractivity contribution < 1.29 is 9.59 Å². The number of urea groups is 1. The molecule has 1 saturated carbocycles. The van der Waals surface area contributed by atoms with E-state index in [0.717, 1.165) is 36.9 Å². The van der Waals surface area contributed by atoms with Crippen molar-refractivity contribution in [2.75, 3.05) is 30.7 Å². The molecular weight excluding hydrogens is 358 g/mol. The molecule has 0 aromatic heterocycles. The van der Waals surface area contributed by atoms with E-state index in [-0.39, 0.29) is 11.9 Å². The van der Waals surface area contributed by atoms with Crippen LogP contribution in [-0.2, 0) is 0 Å². The number of nitrogens with one attached hydrogen (secondary N) is 2. The topological polar surface area (TPSA) is 61.4 Å². The van der Waals surface area contributed by atoms with Crippen molar-refractivity contribution in [3.63, 3.8) is 0 Å². The van der Waals surface area contributed by atoms with Crippen molar-refractivity contribution in [2.24, 2.45) is 0 Å². The first-order valence-electron chi connectivity index (χ1n) is 10.3. The minimum absolute atomic E-state index is 0.0943. The molecular formula is C21H31N3O2S. The number of nitrogens with zero attached hydrogens (tertiary/aromatic N) is 1. The summed E-state index contributed by atoms with van der Waals surface area (Å²) in [5.74, 6) is 1.05. The minimum Gasteiger partial charge on any atom is -0.339 e. The highest BCUT2D eigenvalue weighted by Gasteiger charge is 2.17. The summed E-state index contributed by atoms with van der Waals surface area (Å²) in [6, 6.07) is 7.03. The second-order valence-corrected chi connectivity index (χ2v) is 8.85. The minimum atomic E-state index is -0.186. The molecule has 2 fully saturated rings. The van der Waals surface area contributed by atoms with Gasteiger partial charge in [-0.15, -0.1) is 0 Å². The van der Waals surface area contributed by atoms with Gasteiger partial charge in [0.2, 0.25) is 0 Å². The molecule has 0 spiro atoms. The van der Waals surface area contributed by atoms with Crippen molar-refractivity contribution in [2.45, 2.75) is 56.6 Å². The second kappa shape index (κ2) is 10.6. The summed E-state index contributed by atoms with van der Waals surface area (Å²) in [4.78, 5) is 26.5. The Morgan fingerprint density at radius 3 is 2.30 bits per heavy atom. The van der Waals surface area contributed by atoms with E-state index >= 15 is 0 Å². The van der Waals surface area contributed by atoms with Crippen LogP contribution in [0.5, 0.6) is 0 Å². The second-order valence-electron chi connectivity index (χ2n) is 7.44. The van der Waals surface area contributed by atoms with Gasteiger partial charge < -0.3 is 15.5 Å². The number of anilines is 1. The van der Waals surface area contributed by atoms with E-state index in [1.54, 1.807) is 24.3 Å². The van der Waals surface area contributed by atoms with Gasteiger partial charge >= 0.3 is 6.03 Å². The third-order valence-electron chi connectivity index (χ3n) is 5.33. The molecule has 0 atom stereocenters. The molecule has 0 unspecified atom stereocenters. The van der Waals surface area contributed by atoms with Crippen molar-refractivity contribution >= 4 is 29.4 Å². The lowest BCUT2D eigenvalue weighted by Crippen LogP contribution is -2.32. The van der Waals surface area contributed by atoms with Crippen LogP contribution >= 0.6 is 11.8 Å². The Balaban J connectivity index is 1.39. The van der Waals surface area contributed by atoms with Gasteiger partial charge in [0, 0.05) is 41.9 Å². The fourth-order valence-corrected chi connectivity index (χ4v) is 4.99. The summed E-state index contributed by atoms with van der Waals surface area (Å²) in [5.41, 5.74) is 1.40. The van der Waals surface area contributed by atoms with Crippen LogP contribution in [0.15, 0.2) is 24.3 Å². The molecule has 5 nitrogen and oxygen atoms in total. The predicted molar refractivity (Wildman–Crippen MR) is 113 cm³/mol. The van der Waals surface area contributed by atoms with E-state index in [1.165, 1.54) is 38.5 Å². The number of rotatable bonds is 6. The van der Waals surface area contributed by atoms with Gasteiger partial charge in [0.25, 0.3) is 5.91 Å². The van der Waals surface area contributed by atoms with Crippen LogP contribution in [0.4, 0.5) is 10.5 Å². The first kappa shape index (κ1) is 20.1. The number of hydrogen-bond donors (Lipinski definition) is 2. The van der Waals surface area contributed by atoms with Crippen molar-refractivity contribution in [1.82, 2.24) is 10.2 Å². The average Bonchev–Trinajstić information content (AvgIpc) is 3.05. The molecule has 6 heteroatoms. The number of thioether (sulfide) groups is 1. The van der Waals surface area contributed by atoms with Gasteiger partial charge in [-0.2, -0.15) is 11.8 Å². The van der Waals surface area contributed by atoms with Crippen LogP contribution in [0.3, 0.4) is 0 Å². The van der Waals surface area contributed by atoms with Gasteiger partial charge in [-0.05, 0) is 49.9 Å². The lowest BCUT2D eigenvalue weighted by atomic mass is 10.1. The fourth-order valence-electron chi connectivity index (χ4n) is 3.77. The van der Waals surface area contributed by atoms with Crippen LogP contribution in [0.25, 0.3) is 0 Å². The van der Waals surface area contributed by atoms with Gasteiger partial charge in [0.05, 0.1) is 0 Å². The third kappa shape index (κ3) is 6.45. The van der Waals surface area contributed by atoms with E-state index in [1.807, 2.05) is 16.7 Å². The molecule has 3 amide bonds. The maximum Gasteiger partial charge on any atom is 0.319 e. The highest BCUT2D eigenvalue weighted by atomic mass is 32.2. The van der Waals surface area contributed by atoms with Crippen LogP contribution in [0, 0.1) is 0 Å². The zero-order valence-electron chi connectivity index (χ0n) is 16.0. The maximum absolute atomic E-state index is 12.6. The number of carbonyl (C=O) groups is 2. The summed E-state index contributed by atoms with van der Waals surface area (Å²) in [5, 5.41) is 6.53. The number of hydrogen-bond acceptors (Lipinski definition) is 3. The summed E-state index contributed by atoms with van der Waals surface area (Å²) in [7, 11) is 0. The Morgan fingerprint density at radius 1 is 0.963 bits per heavy atom. The monoisotopic (exact) mass is 389 g/mol. The molecule has 1 aliphatic heterocycles. The van der Waals surface area contributed by atoms with Crippen LogP contribution in [0.1, 0.15) is 61.7 Å². The number of likely N-dealkylation sites (tertiary alicyclic amines) is 1. The first-order chi connectivity index (χ1) is 13.2. The SMILES string of the molecule is O=C(NCCSC1CCCC1)Nc1ccc(C(=O)N2CCCCCC2)cc1. The van der Waals surface area contributed by atoms with E-state index in [9.17, 15) is 9.59 Å². The van der Waals surface area contributed by atoms with Gasteiger partial charge in [0.15, 0.2) is 0 Å². The van der Waals surface area contributed by atoms with Crippen LogP contribution < -0.4 is 10.6 Å². The zero-order valence-corrected chi connectivity index (χ0v) is 16.9. The molecule has 0 radical (unpaired) electrons. The normalized spacial score (nSPS) is 18.1. The molecule has 3 rings (SSSR count). The first-order valence-corrected chi connectivity index (χ1v) is 11.3. The average molecular weight is 390 g/mol. The smallest absolute Gasteiger partial charge is 0.319 e. The van der Waals surface area contributed by atoms with Crippen molar-refractivity contribution in [3.05, 3.63) is 29.8 Å². The largest absolute Gasteiger partial charge is 0.339 e. The van der Waals surface area contributed by atoms with E-state index in [0.29, 0.717) is 17.8 Å². The van der Waals surface area contributed by atoms with Gasteiger partial charge in [-0.1, -0.05) is 25.7 Å². The molecule has 0 bridgehead atoms. The molecule has 1 aromatic carbocycles. The third-order valence-corrected chi connectivity index (χ3v) is 6.71. The van der Waals surface area contributed by atoms with Crippen LogP contribution in [0.2, 0.25) is 0 Å².